The Bertz CT molecular complexity index is 365. The van der Waals surface area contributed by atoms with E-state index in [-0.39, 0.29) is 0 Å². The van der Waals surface area contributed by atoms with E-state index in [0.717, 1.165) is 24.1 Å². The fraction of sp³-hybridized carbons (Fsp3) is 0.538. The molecule has 1 saturated carbocycles. The van der Waals surface area contributed by atoms with Gasteiger partial charge in [0.2, 0.25) is 0 Å². The molecule has 0 radical (unpaired) electrons. The molecule has 1 fully saturated rings. The Morgan fingerprint density at radius 3 is 2.88 bits per heavy atom. The highest BCUT2D eigenvalue weighted by molar-refractivity contribution is 5.50. The number of aromatic hydroxyl groups is 1. The van der Waals surface area contributed by atoms with Crippen LogP contribution in [-0.4, -0.2) is 17.2 Å². The molecule has 0 spiro atoms. The van der Waals surface area contributed by atoms with E-state index >= 15 is 0 Å². The Morgan fingerprint density at radius 1 is 1.38 bits per heavy atom. The summed E-state index contributed by atoms with van der Waals surface area (Å²) in [7, 11) is 0. The van der Waals surface area contributed by atoms with Gasteiger partial charge in [0.05, 0.1) is 0 Å². The Morgan fingerprint density at radius 2 is 2.19 bits per heavy atom. The van der Waals surface area contributed by atoms with Crippen molar-refractivity contribution in [3.05, 3.63) is 23.8 Å². The molecule has 16 heavy (non-hydrogen) atoms. The van der Waals surface area contributed by atoms with Crippen LogP contribution >= 0.6 is 0 Å². The van der Waals surface area contributed by atoms with E-state index in [0.29, 0.717) is 17.8 Å². The molecule has 1 aliphatic rings. The molecule has 3 heteroatoms. The van der Waals surface area contributed by atoms with E-state index in [1.165, 1.54) is 12.8 Å². The maximum absolute atomic E-state index is 9.44. The van der Waals surface area contributed by atoms with E-state index < -0.39 is 0 Å². The molecule has 1 aromatic carbocycles. The second-order valence-electron chi connectivity index (χ2n) is 4.77. The normalized spacial score (nSPS) is 25.4. The van der Waals surface area contributed by atoms with Crippen molar-refractivity contribution < 1.29 is 5.11 Å². The molecule has 3 nitrogen and oxygen atoms in total. The molecule has 88 valence electrons. The highest BCUT2D eigenvalue weighted by Gasteiger charge is 2.18. The third-order valence-corrected chi connectivity index (χ3v) is 3.28. The minimum absolute atomic E-state index is 0.337. The average Bonchev–Trinajstić information content (AvgIpc) is 2.24. The van der Waals surface area contributed by atoms with Crippen molar-refractivity contribution in [2.75, 3.05) is 5.32 Å². The molecule has 0 bridgehead atoms. The quantitative estimate of drug-likeness (QED) is 0.671. The van der Waals surface area contributed by atoms with Crippen LogP contribution in [0.2, 0.25) is 0 Å². The standard InChI is InChI=1S/C13H20N2O/c1-9-7-12(5-6-13(9)16)15-11-4-2-3-10(14)8-11/h5-7,10-11,15-16H,2-4,8,14H2,1H3. The zero-order valence-electron chi connectivity index (χ0n) is 9.74. The van der Waals surface area contributed by atoms with Crippen LogP contribution < -0.4 is 11.1 Å². The second-order valence-corrected chi connectivity index (χ2v) is 4.77. The molecule has 2 atom stereocenters. The third kappa shape index (κ3) is 2.67. The molecule has 0 heterocycles. The summed E-state index contributed by atoms with van der Waals surface area (Å²) in [6.07, 6.45) is 4.58. The van der Waals surface area contributed by atoms with Gasteiger partial charge in [-0.1, -0.05) is 0 Å². The van der Waals surface area contributed by atoms with Crippen molar-refractivity contribution >= 4 is 5.69 Å². The van der Waals surface area contributed by atoms with Gasteiger partial charge in [0.1, 0.15) is 5.75 Å². The van der Waals surface area contributed by atoms with Gasteiger partial charge in [0, 0.05) is 17.8 Å². The zero-order chi connectivity index (χ0) is 11.5. The van der Waals surface area contributed by atoms with E-state index in [2.05, 4.69) is 5.32 Å². The molecule has 0 saturated heterocycles. The van der Waals surface area contributed by atoms with Gasteiger partial charge in [0.25, 0.3) is 0 Å². The summed E-state index contributed by atoms with van der Waals surface area (Å²) in [5.74, 6) is 0.353. The second kappa shape index (κ2) is 4.74. The van der Waals surface area contributed by atoms with Gasteiger partial charge in [-0.3, -0.25) is 0 Å². The van der Waals surface area contributed by atoms with E-state index in [9.17, 15) is 5.11 Å². The van der Waals surface area contributed by atoms with Gasteiger partial charge >= 0.3 is 0 Å². The first-order valence-electron chi connectivity index (χ1n) is 5.97. The van der Waals surface area contributed by atoms with E-state index in [4.69, 9.17) is 5.73 Å². The van der Waals surface area contributed by atoms with Crippen LogP contribution in [0.5, 0.6) is 5.75 Å². The Labute approximate surface area is 96.7 Å². The summed E-state index contributed by atoms with van der Waals surface area (Å²) in [6, 6.07) is 6.45. The van der Waals surface area contributed by atoms with Crippen molar-refractivity contribution in [3.8, 4) is 5.75 Å². The largest absolute Gasteiger partial charge is 0.508 e. The first-order chi connectivity index (χ1) is 7.65. The van der Waals surface area contributed by atoms with Crippen molar-refractivity contribution in [2.45, 2.75) is 44.7 Å². The minimum Gasteiger partial charge on any atom is -0.508 e. The number of aryl methyl sites for hydroxylation is 1. The van der Waals surface area contributed by atoms with Crippen molar-refractivity contribution in [1.29, 1.82) is 0 Å². The zero-order valence-corrected chi connectivity index (χ0v) is 9.74. The third-order valence-electron chi connectivity index (χ3n) is 3.28. The summed E-state index contributed by atoms with van der Waals surface area (Å²) < 4.78 is 0. The Kier molecular flexibility index (Phi) is 3.34. The van der Waals surface area contributed by atoms with Crippen LogP contribution in [0.1, 0.15) is 31.2 Å². The predicted molar refractivity (Wildman–Crippen MR) is 66.7 cm³/mol. The summed E-state index contributed by atoms with van der Waals surface area (Å²) in [6.45, 7) is 1.91. The van der Waals surface area contributed by atoms with Crippen molar-refractivity contribution in [3.63, 3.8) is 0 Å². The van der Waals surface area contributed by atoms with E-state index in [1.807, 2.05) is 19.1 Å². The fourth-order valence-corrected chi connectivity index (χ4v) is 2.34. The lowest BCUT2D eigenvalue weighted by atomic mass is 9.91. The lowest BCUT2D eigenvalue weighted by Crippen LogP contribution is -2.34. The number of phenols is 1. The van der Waals surface area contributed by atoms with Gasteiger partial charge in [0.15, 0.2) is 0 Å². The molecule has 0 aromatic heterocycles. The number of hydrogen-bond donors (Lipinski definition) is 3. The number of nitrogens with one attached hydrogen (secondary N) is 1. The van der Waals surface area contributed by atoms with Crippen LogP contribution in [0.3, 0.4) is 0 Å². The topological polar surface area (TPSA) is 58.3 Å². The lowest BCUT2D eigenvalue weighted by molar-refractivity contribution is 0.409. The average molecular weight is 220 g/mol. The number of nitrogens with two attached hydrogens (primary N) is 1. The number of rotatable bonds is 2. The number of anilines is 1. The van der Waals surface area contributed by atoms with Crippen LogP contribution in [-0.2, 0) is 0 Å². The summed E-state index contributed by atoms with van der Waals surface area (Å²) in [5.41, 5.74) is 7.94. The smallest absolute Gasteiger partial charge is 0.118 e. The van der Waals surface area contributed by atoms with Gasteiger partial charge in [-0.2, -0.15) is 0 Å². The molecule has 2 rings (SSSR count). The van der Waals surface area contributed by atoms with Crippen LogP contribution in [0.4, 0.5) is 5.69 Å². The minimum atomic E-state index is 0.337. The molecular formula is C13H20N2O. The maximum Gasteiger partial charge on any atom is 0.118 e. The maximum atomic E-state index is 9.44. The highest BCUT2D eigenvalue weighted by Crippen LogP contribution is 2.24. The molecule has 0 aliphatic heterocycles. The van der Waals surface area contributed by atoms with Crippen LogP contribution in [0, 0.1) is 6.92 Å². The predicted octanol–water partition coefficient (Wildman–Crippen LogP) is 2.38. The van der Waals surface area contributed by atoms with Crippen LogP contribution in [0.15, 0.2) is 18.2 Å². The Hall–Kier alpha value is -1.22. The van der Waals surface area contributed by atoms with Crippen molar-refractivity contribution in [2.24, 2.45) is 5.73 Å². The van der Waals surface area contributed by atoms with Gasteiger partial charge in [-0.05, 0) is 56.4 Å². The number of hydrogen-bond acceptors (Lipinski definition) is 3. The molecule has 0 amide bonds. The van der Waals surface area contributed by atoms with Gasteiger partial charge < -0.3 is 16.2 Å². The van der Waals surface area contributed by atoms with Gasteiger partial charge in [-0.15, -0.1) is 0 Å². The van der Waals surface area contributed by atoms with E-state index in [1.54, 1.807) is 6.07 Å². The first-order valence-corrected chi connectivity index (χ1v) is 5.97. The number of benzene rings is 1. The highest BCUT2D eigenvalue weighted by atomic mass is 16.3. The summed E-state index contributed by atoms with van der Waals surface area (Å²) in [5, 5.41) is 12.9. The molecule has 1 aliphatic carbocycles. The fourth-order valence-electron chi connectivity index (χ4n) is 2.34. The van der Waals surface area contributed by atoms with Gasteiger partial charge in [-0.25, -0.2) is 0 Å². The monoisotopic (exact) mass is 220 g/mol. The summed E-state index contributed by atoms with van der Waals surface area (Å²) in [4.78, 5) is 0. The SMILES string of the molecule is Cc1cc(NC2CCCC(N)C2)ccc1O. The number of phenolic OH excluding ortho intramolecular Hbond substituents is 1. The first kappa shape index (κ1) is 11.3. The molecule has 4 N–H and O–H groups in total. The molecular weight excluding hydrogens is 200 g/mol. The molecule has 1 aromatic rings. The van der Waals surface area contributed by atoms with Crippen LogP contribution in [0.25, 0.3) is 0 Å². The summed E-state index contributed by atoms with van der Waals surface area (Å²) >= 11 is 0. The van der Waals surface area contributed by atoms with Crippen molar-refractivity contribution in [1.82, 2.24) is 0 Å². The lowest BCUT2D eigenvalue weighted by Gasteiger charge is -2.28. The molecule has 2 unspecified atom stereocenters. The Balaban J connectivity index is 2.00.